The second-order valence-electron chi connectivity index (χ2n) is 4.21. The van der Waals surface area contributed by atoms with Crippen molar-refractivity contribution in [3.05, 3.63) is 46.0 Å². The van der Waals surface area contributed by atoms with E-state index in [4.69, 9.17) is 0 Å². The highest BCUT2D eigenvalue weighted by atomic mass is 16.3. The number of aryl methyl sites for hydroxylation is 1. The normalized spacial score (nSPS) is 11.0. The maximum absolute atomic E-state index is 12.2. The van der Waals surface area contributed by atoms with Crippen molar-refractivity contribution >= 4 is 10.9 Å². The van der Waals surface area contributed by atoms with Crippen molar-refractivity contribution in [1.82, 2.24) is 25.2 Å². The standard InChI is InChI=1S/C12H11N5O2/c1-17-9-5-3-2-4-7(9)11(18)8(12(17)19)6-10-13-15-16-14-10/h2-5,18H,6H2,1H3,(H,13,14,15,16). The number of H-pyrrole nitrogens is 1. The Bertz CT molecular complexity index is 792. The zero-order valence-electron chi connectivity index (χ0n) is 10.2. The van der Waals surface area contributed by atoms with Crippen molar-refractivity contribution in [2.45, 2.75) is 6.42 Å². The highest BCUT2D eigenvalue weighted by Gasteiger charge is 2.16. The van der Waals surface area contributed by atoms with Gasteiger partial charge in [0.25, 0.3) is 5.56 Å². The monoisotopic (exact) mass is 257 g/mol. The van der Waals surface area contributed by atoms with Crippen LogP contribution in [0.3, 0.4) is 0 Å². The van der Waals surface area contributed by atoms with E-state index in [2.05, 4.69) is 20.6 Å². The Morgan fingerprint density at radius 2 is 2.16 bits per heavy atom. The summed E-state index contributed by atoms with van der Waals surface area (Å²) in [6.45, 7) is 0. The van der Waals surface area contributed by atoms with E-state index >= 15 is 0 Å². The lowest BCUT2D eigenvalue weighted by Crippen LogP contribution is -2.22. The number of tetrazole rings is 1. The molecule has 2 heterocycles. The molecule has 0 aliphatic rings. The molecule has 0 atom stereocenters. The van der Waals surface area contributed by atoms with Crippen LogP contribution in [0.4, 0.5) is 0 Å². The molecule has 0 radical (unpaired) electrons. The molecule has 1 aromatic carbocycles. The minimum absolute atomic E-state index is 0.0245. The second kappa shape index (κ2) is 4.20. The van der Waals surface area contributed by atoms with Gasteiger partial charge in [0.15, 0.2) is 5.82 Å². The van der Waals surface area contributed by atoms with Crippen LogP contribution < -0.4 is 5.56 Å². The lowest BCUT2D eigenvalue weighted by molar-refractivity contribution is 0.472. The summed E-state index contributed by atoms with van der Waals surface area (Å²) < 4.78 is 1.50. The van der Waals surface area contributed by atoms with Gasteiger partial charge in [0.1, 0.15) is 5.75 Å². The number of aromatic hydroxyl groups is 1. The minimum Gasteiger partial charge on any atom is -0.507 e. The highest BCUT2D eigenvalue weighted by molar-refractivity contribution is 5.86. The summed E-state index contributed by atoms with van der Waals surface area (Å²) >= 11 is 0. The Morgan fingerprint density at radius 3 is 2.89 bits per heavy atom. The number of aromatic amines is 1. The predicted octanol–water partition coefficient (Wildman–Crippen LogP) is 0.348. The smallest absolute Gasteiger partial charge is 0.258 e. The minimum atomic E-state index is -0.263. The Hall–Kier alpha value is -2.70. The molecule has 2 aromatic heterocycles. The zero-order chi connectivity index (χ0) is 13.4. The van der Waals surface area contributed by atoms with Crippen molar-refractivity contribution in [3.8, 4) is 5.75 Å². The van der Waals surface area contributed by atoms with Crippen LogP contribution in [-0.4, -0.2) is 30.3 Å². The summed E-state index contributed by atoms with van der Waals surface area (Å²) in [5, 5.41) is 24.2. The highest BCUT2D eigenvalue weighted by Crippen LogP contribution is 2.26. The van der Waals surface area contributed by atoms with Crippen LogP contribution in [0, 0.1) is 0 Å². The first kappa shape index (κ1) is 11.4. The Labute approximate surface area is 107 Å². The number of nitrogens with zero attached hydrogens (tertiary/aromatic N) is 4. The number of hydrogen-bond acceptors (Lipinski definition) is 5. The first-order chi connectivity index (χ1) is 9.18. The van der Waals surface area contributed by atoms with E-state index in [9.17, 15) is 9.90 Å². The largest absolute Gasteiger partial charge is 0.507 e. The van der Waals surface area contributed by atoms with E-state index in [0.29, 0.717) is 16.7 Å². The zero-order valence-corrected chi connectivity index (χ0v) is 10.2. The van der Waals surface area contributed by atoms with Crippen LogP contribution in [0.5, 0.6) is 5.75 Å². The van der Waals surface area contributed by atoms with E-state index in [1.807, 2.05) is 12.1 Å². The molecule has 0 spiro atoms. The number of benzene rings is 1. The summed E-state index contributed by atoms with van der Waals surface area (Å²) in [4.78, 5) is 12.2. The Balaban J connectivity index is 2.27. The van der Waals surface area contributed by atoms with Gasteiger partial charge in [0, 0.05) is 18.9 Å². The maximum Gasteiger partial charge on any atom is 0.258 e. The fourth-order valence-electron chi connectivity index (χ4n) is 2.12. The molecular formula is C12H11N5O2. The number of rotatable bonds is 2. The average molecular weight is 257 g/mol. The summed E-state index contributed by atoms with van der Waals surface area (Å²) in [5.41, 5.74) is 0.686. The maximum atomic E-state index is 12.2. The van der Waals surface area contributed by atoms with Gasteiger partial charge in [-0.05, 0) is 12.1 Å². The van der Waals surface area contributed by atoms with E-state index < -0.39 is 0 Å². The van der Waals surface area contributed by atoms with Crippen molar-refractivity contribution in [2.75, 3.05) is 0 Å². The van der Waals surface area contributed by atoms with Gasteiger partial charge in [-0.25, -0.2) is 0 Å². The average Bonchev–Trinajstić information content (AvgIpc) is 2.94. The van der Waals surface area contributed by atoms with Crippen LogP contribution in [0.25, 0.3) is 10.9 Å². The number of para-hydroxylation sites is 1. The number of hydrogen-bond donors (Lipinski definition) is 2. The van der Waals surface area contributed by atoms with Crippen molar-refractivity contribution < 1.29 is 5.11 Å². The second-order valence-corrected chi connectivity index (χ2v) is 4.21. The summed E-state index contributed by atoms with van der Waals surface area (Å²) in [6, 6.07) is 7.18. The van der Waals surface area contributed by atoms with E-state index in [-0.39, 0.29) is 23.3 Å². The molecule has 7 heteroatoms. The molecule has 3 aromatic rings. The molecule has 0 fully saturated rings. The van der Waals surface area contributed by atoms with Gasteiger partial charge < -0.3 is 9.67 Å². The van der Waals surface area contributed by atoms with Gasteiger partial charge in [-0.1, -0.05) is 17.3 Å². The molecule has 0 saturated heterocycles. The lowest BCUT2D eigenvalue weighted by Gasteiger charge is -2.10. The van der Waals surface area contributed by atoms with Crippen LogP contribution in [0.2, 0.25) is 0 Å². The predicted molar refractivity (Wildman–Crippen MR) is 67.8 cm³/mol. The van der Waals surface area contributed by atoms with Crippen LogP contribution in [0.15, 0.2) is 29.1 Å². The summed E-state index contributed by atoms with van der Waals surface area (Å²) in [5.74, 6) is 0.339. The quantitative estimate of drug-likeness (QED) is 0.690. The Morgan fingerprint density at radius 1 is 1.37 bits per heavy atom. The van der Waals surface area contributed by atoms with E-state index in [1.165, 1.54) is 4.57 Å². The number of pyridine rings is 1. The van der Waals surface area contributed by atoms with Crippen molar-refractivity contribution in [3.63, 3.8) is 0 Å². The fraction of sp³-hybridized carbons (Fsp3) is 0.167. The molecule has 96 valence electrons. The number of aromatic nitrogens is 5. The molecule has 0 saturated carbocycles. The molecule has 0 aliphatic heterocycles. The Kier molecular flexibility index (Phi) is 2.52. The fourth-order valence-corrected chi connectivity index (χ4v) is 2.12. The first-order valence-corrected chi connectivity index (χ1v) is 5.70. The van der Waals surface area contributed by atoms with Gasteiger partial charge in [-0.15, -0.1) is 10.2 Å². The van der Waals surface area contributed by atoms with Crippen molar-refractivity contribution in [1.29, 1.82) is 0 Å². The summed E-state index contributed by atoms with van der Waals surface area (Å²) in [7, 11) is 1.67. The molecule has 0 amide bonds. The topological polar surface area (TPSA) is 96.7 Å². The molecule has 0 unspecified atom stereocenters. The SMILES string of the molecule is Cn1c(=O)c(Cc2nn[nH]n2)c(O)c2ccccc21. The van der Waals surface area contributed by atoms with Gasteiger partial charge >= 0.3 is 0 Å². The molecule has 0 bridgehead atoms. The first-order valence-electron chi connectivity index (χ1n) is 5.70. The number of fused-ring (bicyclic) bond motifs is 1. The van der Waals surface area contributed by atoms with Gasteiger partial charge in [-0.3, -0.25) is 4.79 Å². The molecular weight excluding hydrogens is 246 g/mol. The van der Waals surface area contributed by atoms with Crippen LogP contribution >= 0.6 is 0 Å². The molecule has 2 N–H and O–H groups in total. The van der Waals surface area contributed by atoms with Gasteiger partial charge in [-0.2, -0.15) is 5.21 Å². The van der Waals surface area contributed by atoms with E-state index in [1.54, 1.807) is 19.2 Å². The van der Waals surface area contributed by atoms with Crippen molar-refractivity contribution in [2.24, 2.45) is 7.05 Å². The molecule has 3 rings (SSSR count). The van der Waals surface area contributed by atoms with Gasteiger partial charge in [0.2, 0.25) is 0 Å². The third-order valence-corrected chi connectivity index (χ3v) is 3.09. The van der Waals surface area contributed by atoms with Crippen LogP contribution in [0.1, 0.15) is 11.4 Å². The molecule has 0 aliphatic carbocycles. The third-order valence-electron chi connectivity index (χ3n) is 3.09. The third kappa shape index (κ3) is 1.75. The van der Waals surface area contributed by atoms with E-state index in [0.717, 1.165) is 0 Å². The van der Waals surface area contributed by atoms with Crippen LogP contribution in [-0.2, 0) is 13.5 Å². The summed E-state index contributed by atoms with van der Waals surface area (Å²) in [6.07, 6.45) is 0.139. The molecule has 7 nitrogen and oxygen atoms in total. The van der Waals surface area contributed by atoms with Gasteiger partial charge in [0.05, 0.1) is 11.1 Å². The lowest BCUT2D eigenvalue weighted by atomic mass is 10.1. The number of nitrogens with one attached hydrogen (secondary N) is 1. The molecule has 19 heavy (non-hydrogen) atoms.